The average Bonchev–Trinajstić information content (AvgIpc) is 2.01. The van der Waals surface area contributed by atoms with Gasteiger partial charge in [0.25, 0.3) is 0 Å². The molecule has 1 aliphatic rings. The van der Waals surface area contributed by atoms with Gasteiger partial charge < -0.3 is 9.84 Å². The van der Waals surface area contributed by atoms with Gasteiger partial charge in [-0.1, -0.05) is 20.3 Å². The quantitative estimate of drug-likeness (QED) is 0.759. The number of ether oxygens (including phenoxy) is 1. The molecule has 1 rings (SSSR count). The lowest BCUT2D eigenvalue weighted by Gasteiger charge is -2.43. The van der Waals surface area contributed by atoms with Crippen molar-refractivity contribution in [3.63, 3.8) is 0 Å². The zero-order valence-corrected chi connectivity index (χ0v) is 9.92. The fraction of sp³-hybridized carbons (Fsp3) is 1.00. The molecule has 2 nitrogen and oxygen atoms in total. The van der Waals surface area contributed by atoms with Crippen molar-refractivity contribution in [2.75, 3.05) is 0 Å². The predicted octanol–water partition coefficient (Wildman–Crippen LogP) is 2.74. The summed E-state index contributed by atoms with van der Waals surface area (Å²) < 4.78 is 5.65. The van der Waals surface area contributed by atoms with Crippen LogP contribution in [0.15, 0.2) is 0 Å². The van der Waals surface area contributed by atoms with E-state index in [1.54, 1.807) is 0 Å². The van der Waals surface area contributed by atoms with Crippen LogP contribution in [0.1, 0.15) is 53.4 Å². The molecule has 0 spiro atoms. The first kappa shape index (κ1) is 12.0. The van der Waals surface area contributed by atoms with Gasteiger partial charge in [-0.25, -0.2) is 0 Å². The van der Waals surface area contributed by atoms with Crippen LogP contribution >= 0.6 is 0 Å². The van der Waals surface area contributed by atoms with Crippen molar-refractivity contribution < 1.29 is 9.84 Å². The van der Waals surface area contributed by atoms with Gasteiger partial charge >= 0.3 is 0 Å². The topological polar surface area (TPSA) is 29.5 Å². The fourth-order valence-electron chi connectivity index (χ4n) is 2.68. The van der Waals surface area contributed by atoms with Crippen LogP contribution in [0.4, 0.5) is 0 Å². The minimum Gasteiger partial charge on any atom is -0.389 e. The summed E-state index contributed by atoms with van der Waals surface area (Å²) >= 11 is 0. The molecule has 0 aromatic carbocycles. The summed E-state index contributed by atoms with van der Waals surface area (Å²) in [5, 5.41) is 10.5. The zero-order valence-electron chi connectivity index (χ0n) is 9.92. The molecule has 0 bridgehead atoms. The van der Waals surface area contributed by atoms with Crippen molar-refractivity contribution in [1.29, 1.82) is 0 Å². The Balaban J connectivity index is 2.61. The molecular weight excluding hydrogens is 176 g/mol. The minimum absolute atomic E-state index is 0.197. The Bertz CT molecular complexity index is 169. The molecule has 1 fully saturated rings. The molecule has 0 aromatic heterocycles. The van der Waals surface area contributed by atoms with Crippen LogP contribution in [0.25, 0.3) is 0 Å². The maximum atomic E-state index is 10.5. The highest BCUT2D eigenvalue weighted by Crippen LogP contribution is 2.36. The SMILES string of the molecule is CCCC(C)C1(O)CC(C)OC(C)C1. The van der Waals surface area contributed by atoms with Crippen molar-refractivity contribution in [3.8, 4) is 0 Å². The summed E-state index contributed by atoms with van der Waals surface area (Å²) in [6.45, 7) is 8.44. The maximum absolute atomic E-state index is 10.5. The molecule has 14 heavy (non-hydrogen) atoms. The molecule has 0 aromatic rings. The van der Waals surface area contributed by atoms with Crippen LogP contribution in [0.5, 0.6) is 0 Å². The second kappa shape index (κ2) is 4.63. The predicted molar refractivity (Wildman–Crippen MR) is 58.3 cm³/mol. The molecule has 3 unspecified atom stereocenters. The molecule has 1 heterocycles. The van der Waals surface area contributed by atoms with E-state index in [1.807, 2.05) is 0 Å². The second-order valence-electron chi connectivity index (χ2n) is 4.96. The molecule has 84 valence electrons. The third-order valence-electron chi connectivity index (χ3n) is 3.39. The molecule has 0 amide bonds. The first-order chi connectivity index (χ1) is 6.48. The van der Waals surface area contributed by atoms with Gasteiger partial charge in [0.15, 0.2) is 0 Å². The van der Waals surface area contributed by atoms with E-state index in [2.05, 4.69) is 27.7 Å². The Hall–Kier alpha value is -0.0800. The van der Waals surface area contributed by atoms with Crippen LogP contribution in [-0.2, 0) is 4.74 Å². The average molecular weight is 200 g/mol. The first-order valence-electron chi connectivity index (χ1n) is 5.85. The van der Waals surface area contributed by atoms with Gasteiger partial charge in [0.05, 0.1) is 17.8 Å². The van der Waals surface area contributed by atoms with Crippen LogP contribution in [0, 0.1) is 5.92 Å². The Kier molecular flexibility index (Phi) is 3.96. The standard InChI is InChI=1S/C12H24O2/c1-5-6-9(2)12(13)7-10(3)14-11(4)8-12/h9-11,13H,5-8H2,1-4H3. The highest BCUT2D eigenvalue weighted by atomic mass is 16.5. The molecule has 0 aliphatic carbocycles. The van der Waals surface area contributed by atoms with Crippen molar-refractivity contribution in [3.05, 3.63) is 0 Å². The zero-order chi connectivity index (χ0) is 10.8. The van der Waals surface area contributed by atoms with Crippen molar-refractivity contribution in [2.24, 2.45) is 5.92 Å². The lowest BCUT2D eigenvalue weighted by Crippen LogP contribution is -2.47. The van der Waals surface area contributed by atoms with Gasteiger partial charge in [0.1, 0.15) is 0 Å². The van der Waals surface area contributed by atoms with E-state index in [4.69, 9.17) is 4.74 Å². The van der Waals surface area contributed by atoms with Crippen LogP contribution in [-0.4, -0.2) is 22.9 Å². The molecule has 0 radical (unpaired) electrons. The van der Waals surface area contributed by atoms with Crippen LogP contribution in [0.2, 0.25) is 0 Å². The number of hydrogen-bond acceptors (Lipinski definition) is 2. The number of aliphatic hydroxyl groups is 1. The smallest absolute Gasteiger partial charge is 0.0722 e. The minimum atomic E-state index is -0.493. The van der Waals surface area contributed by atoms with Gasteiger partial charge in [-0.3, -0.25) is 0 Å². The summed E-state index contributed by atoms with van der Waals surface area (Å²) in [5.41, 5.74) is -0.493. The van der Waals surface area contributed by atoms with Crippen molar-refractivity contribution in [2.45, 2.75) is 71.2 Å². The fourth-order valence-corrected chi connectivity index (χ4v) is 2.68. The van der Waals surface area contributed by atoms with E-state index in [0.29, 0.717) is 5.92 Å². The third-order valence-corrected chi connectivity index (χ3v) is 3.39. The van der Waals surface area contributed by atoms with Gasteiger partial charge in [0.2, 0.25) is 0 Å². The van der Waals surface area contributed by atoms with E-state index >= 15 is 0 Å². The van der Waals surface area contributed by atoms with Gasteiger partial charge in [-0.15, -0.1) is 0 Å². The summed E-state index contributed by atoms with van der Waals surface area (Å²) in [6, 6.07) is 0. The number of hydrogen-bond donors (Lipinski definition) is 1. The molecule has 2 heteroatoms. The largest absolute Gasteiger partial charge is 0.389 e. The molecule has 0 saturated carbocycles. The summed E-state index contributed by atoms with van der Waals surface area (Å²) in [6.07, 6.45) is 4.23. The second-order valence-corrected chi connectivity index (χ2v) is 4.96. The molecular formula is C12H24O2. The van der Waals surface area contributed by atoms with E-state index in [0.717, 1.165) is 25.7 Å². The summed E-state index contributed by atoms with van der Waals surface area (Å²) in [4.78, 5) is 0. The molecule has 3 atom stereocenters. The van der Waals surface area contributed by atoms with Crippen LogP contribution < -0.4 is 0 Å². The van der Waals surface area contributed by atoms with E-state index in [9.17, 15) is 5.11 Å². The molecule has 1 saturated heterocycles. The van der Waals surface area contributed by atoms with E-state index in [-0.39, 0.29) is 12.2 Å². The normalized spacial score (nSPS) is 40.9. The van der Waals surface area contributed by atoms with E-state index in [1.165, 1.54) is 0 Å². The highest BCUT2D eigenvalue weighted by molar-refractivity contribution is 4.91. The van der Waals surface area contributed by atoms with Crippen LogP contribution in [0.3, 0.4) is 0 Å². The molecule has 1 N–H and O–H groups in total. The number of rotatable bonds is 3. The lowest BCUT2D eigenvalue weighted by atomic mass is 9.76. The van der Waals surface area contributed by atoms with Gasteiger partial charge in [-0.05, 0) is 26.2 Å². The summed E-state index contributed by atoms with van der Waals surface area (Å²) in [7, 11) is 0. The Morgan fingerprint density at radius 1 is 1.36 bits per heavy atom. The first-order valence-corrected chi connectivity index (χ1v) is 5.85. The highest BCUT2D eigenvalue weighted by Gasteiger charge is 2.40. The Morgan fingerprint density at radius 2 is 1.86 bits per heavy atom. The lowest BCUT2D eigenvalue weighted by molar-refractivity contribution is -0.153. The summed E-state index contributed by atoms with van der Waals surface area (Å²) in [5.74, 6) is 0.390. The third kappa shape index (κ3) is 2.71. The molecule has 1 aliphatic heterocycles. The monoisotopic (exact) mass is 200 g/mol. The van der Waals surface area contributed by atoms with Crippen molar-refractivity contribution >= 4 is 0 Å². The Morgan fingerprint density at radius 3 is 2.29 bits per heavy atom. The van der Waals surface area contributed by atoms with Gasteiger partial charge in [0, 0.05) is 12.8 Å². The van der Waals surface area contributed by atoms with E-state index < -0.39 is 5.60 Å². The maximum Gasteiger partial charge on any atom is 0.0722 e. The van der Waals surface area contributed by atoms with Crippen molar-refractivity contribution in [1.82, 2.24) is 0 Å². The Labute approximate surface area is 87.7 Å². The van der Waals surface area contributed by atoms with Gasteiger partial charge in [-0.2, -0.15) is 0 Å².